The Morgan fingerprint density at radius 1 is 1.67 bits per heavy atom. The van der Waals surface area contributed by atoms with E-state index in [9.17, 15) is 4.79 Å². The van der Waals surface area contributed by atoms with E-state index in [1.807, 2.05) is 13.0 Å². The van der Waals surface area contributed by atoms with Gasteiger partial charge < -0.3 is 0 Å². The summed E-state index contributed by atoms with van der Waals surface area (Å²) in [6.07, 6.45) is 4.24. The number of halogens is 1. The molecule has 0 aromatic carbocycles. The molecular formula is C10H9ClN2OS. The van der Waals surface area contributed by atoms with Gasteiger partial charge in [-0.25, -0.2) is 0 Å². The number of nitrogens with zero attached hydrogens (tertiary/aromatic N) is 2. The molecule has 15 heavy (non-hydrogen) atoms. The smallest absolute Gasteiger partial charge is 0.160 e. The summed E-state index contributed by atoms with van der Waals surface area (Å²) in [4.78, 5) is 12.5. The van der Waals surface area contributed by atoms with Gasteiger partial charge >= 0.3 is 0 Å². The maximum absolute atomic E-state index is 10.6. The van der Waals surface area contributed by atoms with Crippen LogP contribution in [-0.2, 0) is 6.54 Å². The third kappa shape index (κ3) is 2.27. The quantitative estimate of drug-likeness (QED) is 0.774. The predicted molar refractivity (Wildman–Crippen MR) is 60.8 cm³/mol. The van der Waals surface area contributed by atoms with Crippen molar-refractivity contribution in [1.29, 1.82) is 0 Å². The fourth-order valence-corrected chi connectivity index (χ4v) is 2.37. The minimum Gasteiger partial charge on any atom is -0.297 e. The molecule has 0 aliphatic heterocycles. The Morgan fingerprint density at radius 2 is 2.47 bits per heavy atom. The summed E-state index contributed by atoms with van der Waals surface area (Å²) >= 11 is 7.26. The normalized spacial score (nSPS) is 10.5. The summed E-state index contributed by atoms with van der Waals surface area (Å²) in [5.41, 5.74) is 1.11. The molecule has 0 bridgehead atoms. The van der Waals surface area contributed by atoms with E-state index in [0.29, 0.717) is 11.6 Å². The van der Waals surface area contributed by atoms with E-state index in [1.54, 1.807) is 17.1 Å². The van der Waals surface area contributed by atoms with Crippen LogP contribution in [0.15, 0.2) is 18.5 Å². The first-order valence-corrected chi connectivity index (χ1v) is 5.61. The van der Waals surface area contributed by atoms with E-state index in [0.717, 1.165) is 21.6 Å². The van der Waals surface area contributed by atoms with Gasteiger partial charge in [-0.1, -0.05) is 11.6 Å². The summed E-state index contributed by atoms with van der Waals surface area (Å²) in [5.74, 6) is 0. The van der Waals surface area contributed by atoms with Crippen LogP contribution in [0.1, 0.15) is 20.1 Å². The van der Waals surface area contributed by atoms with Gasteiger partial charge in [-0.05, 0) is 18.6 Å². The topological polar surface area (TPSA) is 34.9 Å². The molecule has 3 nitrogen and oxygen atoms in total. The average molecular weight is 241 g/mol. The van der Waals surface area contributed by atoms with Crippen LogP contribution in [-0.4, -0.2) is 16.1 Å². The second-order valence-electron chi connectivity index (χ2n) is 3.20. The van der Waals surface area contributed by atoms with Crippen molar-refractivity contribution in [2.45, 2.75) is 13.5 Å². The molecule has 2 aromatic heterocycles. The SMILES string of the molecule is Cc1sc(C=O)cc1Cn1cc(Cl)cn1. The number of hydrogen-bond acceptors (Lipinski definition) is 3. The first-order chi connectivity index (χ1) is 7.19. The Kier molecular flexibility index (Phi) is 2.88. The van der Waals surface area contributed by atoms with Gasteiger partial charge in [0.05, 0.1) is 22.6 Å². The van der Waals surface area contributed by atoms with E-state index in [-0.39, 0.29) is 0 Å². The molecule has 0 aliphatic rings. The zero-order chi connectivity index (χ0) is 10.8. The molecule has 0 N–H and O–H groups in total. The molecule has 2 rings (SSSR count). The van der Waals surface area contributed by atoms with Gasteiger partial charge in [0, 0.05) is 11.1 Å². The Morgan fingerprint density at radius 3 is 3.00 bits per heavy atom. The summed E-state index contributed by atoms with van der Waals surface area (Å²) in [6, 6.07) is 1.89. The van der Waals surface area contributed by atoms with Crippen molar-refractivity contribution >= 4 is 29.2 Å². The van der Waals surface area contributed by atoms with Crippen LogP contribution >= 0.6 is 22.9 Å². The highest BCUT2D eigenvalue weighted by molar-refractivity contribution is 7.13. The van der Waals surface area contributed by atoms with Crippen LogP contribution in [0.5, 0.6) is 0 Å². The lowest BCUT2D eigenvalue weighted by Crippen LogP contribution is -1.99. The number of aldehydes is 1. The van der Waals surface area contributed by atoms with E-state index < -0.39 is 0 Å². The van der Waals surface area contributed by atoms with Gasteiger partial charge in [-0.15, -0.1) is 11.3 Å². The van der Waals surface area contributed by atoms with Crippen molar-refractivity contribution in [3.8, 4) is 0 Å². The molecule has 0 saturated carbocycles. The third-order valence-corrected chi connectivity index (χ3v) is 3.30. The maximum Gasteiger partial charge on any atom is 0.160 e. The molecule has 0 radical (unpaired) electrons. The molecule has 0 saturated heterocycles. The van der Waals surface area contributed by atoms with Gasteiger partial charge in [0.2, 0.25) is 0 Å². The molecule has 5 heteroatoms. The molecule has 2 aromatic rings. The molecule has 0 amide bonds. The number of carbonyl (C=O) groups is 1. The highest BCUT2D eigenvalue weighted by Gasteiger charge is 2.06. The standard InChI is InChI=1S/C10H9ClN2OS/c1-7-8(2-10(6-14)15-7)4-13-5-9(11)3-12-13/h2-3,5-6H,4H2,1H3. The highest BCUT2D eigenvalue weighted by Crippen LogP contribution is 2.21. The third-order valence-electron chi connectivity index (χ3n) is 2.09. The van der Waals surface area contributed by atoms with E-state index in [2.05, 4.69) is 5.10 Å². The van der Waals surface area contributed by atoms with Crippen molar-refractivity contribution in [1.82, 2.24) is 9.78 Å². The fraction of sp³-hybridized carbons (Fsp3) is 0.200. The minimum atomic E-state index is 0.624. The molecular weight excluding hydrogens is 232 g/mol. The Bertz CT molecular complexity index is 489. The molecule has 0 spiro atoms. The lowest BCUT2D eigenvalue weighted by Gasteiger charge is -1.99. The number of hydrogen-bond donors (Lipinski definition) is 0. The summed E-state index contributed by atoms with van der Waals surface area (Å²) < 4.78 is 1.76. The summed E-state index contributed by atoms with van der Waals surface area (Å²) in [5, 5.41) is 4.71. The number of aryl methyl sites for hydroxylation is 1. The second kappa shape index (κ2) is 4.16. The summed E-state index contributed by atoms with van der Waals surface area (Å²) in [7, 11) is 0. The van der Waals surface area contributed by atoms with Crippen LogP contribution in [0.25, 0.3) is 0 Å². The number of rotatable bonds is 3. The van der Waals surface area contributed by atoms with Crippen LogP contribution in [0, 0.1) is 6.92 Å². The van der Waals surface area contributed by atoms with Crippen LogP contribution in [0.3, 0.4) is 0 Å². The lowest BCUT2D eigenvalue weighted by molar-refractivity contribution is 0.112. The largest absolute Gasteiger partial charge is 0.297 e. The molecule has 0 unspecified atom stereocenters. The van der Waals surface area contributed by atoms with Crippen LogP contribution in [0.2, 0.25) is 5.02 Å². The van der Waals surface area contributed by atoms with Crippen molar-refractivity contribution in [3.63, 3.8) is 0 Å². The van der Waals surface area contributed by atoms with Crippen molar-refractivity contribution in [3.05, 3.63) is 38.8 Å². The minimum absolute atomic E-state index is 0.624. The van der Waals surface area contributed by atoms with Gasteiger partial charge in [0.1, 0.15) is 0 Å². The van der Waals surface area contributed by atoms with Gasteiger partial charge in [0.15, 0.2) is 6.29 Å². The first-order valence-electron chi connectivity index (χ1n) is 4.41. The van der Waals surface area contributed by atoms with Gasteiger partial charge in [-0.2, -0.15) is 5.10 Å². The van der Waals surface area contributed by atoms with Crippen LogP contribution in [0.4, 0.5) is 0 Å². The summed E-state index contributed by atoms with van der Waals surface area (Å²) in [6.45, 7) is 2.65. The number of aromatic nitrogens is 2. The number of carbonyl (C=O) groups excluding carboxylic acids is 1. The lowest BCUT2D eigenvalue weighted by atomic mass is 10.2. The van der Waals surface area contributed by atoms with Gasteiger partial charge in [-0.3, -0.25) is 9.48 Å². The zero-order valence-electron chi connectivity index (χ0n) is 8.11. The molecule has 0 aliphatic carbocycles. The van der Waals surface area contributed by atoms with E-state index >= 15 is 0 Å². The maximum atomic E-state index is 10.6. The zero-order valence-corrected chi connectivity index (χ0v) is 9.68. The molecule has 0 atom stereocenters. The van der Waals surface area contributed by atoms with Crippen molar-refractivity contribution in [2.24, 2.45) is 0 Å². The number of thiophene rings is 1. The fourth-order valence-electron chi connectivity index (χ4n) is 1.36. The first kappa shape index (κ1) is 10.4. The average Bonchev–Trinajstić information content (AvgIpc) is 2.75. The van der Waals surface area contributed by atoms with Crippen molar-refractivity contribution in [2.75, 3.05) is 0 Å². The molecule has 0 fully saturated rings. The van der Waals surface area contributed by atoms with E-state index in [1.165, 1.54) is 11.3 Å². The highest BCUT2D eigenvalue weighted by atomic mass is 35.5. The Hall–Kier alpha value is -1.13. The monoisotopic (exact) mass is 240 g/mol. The second-order valence-corrected chi connectivity index (χ2v) is 4.93. The van der Waals surface area contributed by atoms with E-state index in [4.69, 9.17) is 11.6 Å². The predicted octanol–water partition coefficient (Wildman–Crippen LogP) is 2.77. The van der Waals surface area contributed by atoms with Gasteiger partial charge in [0.25, 0.3) is 0 Å². The molecule has 78 valence electrons. The Labute approximate surface area is 96.3 Å². The molecule has 2 heterocycles. The van der Waals surface area contributed by atoms with Crippen molar-refractivity contribution < 1.29 is 4.79 Å². The Balaban J connectivity index is 2.23. The van der Waals surface area contributed by atoms with Crippen LogP contribution < -0.4 is 0 Å².